The maximum atomic E-state index is 11.6. The summed E-state index contributed by atoms with van der Waals surface area (Å²) in [6.07, 6.45) is 3.06. The first-order chi connectivity index (χ1) is 8.84. The molecule has 1 amide bonds. The fourth-order valence-corrected chi connectivity index (χ4v) is 1.43. The molecule has 2 rings (SSSR count). The number of carbonyl (C=O) groups excluding carboxylic acids is 1. The summed E-state index contributed by atoms with van der Waals surface area (Å²) < 4.78 is 0. The number of hydrogen-bond donors (Lipinski definition) is 2. The van der Waals surface area contributed by atoms with Crippen LogP contribution in [0.5, 0.6) is 0 Å². The Hall–Kier alpha value is -2.43. The van der Waals surface area contributed by atoms with Crippen molar-refractivity contribution in [3.63, 3.8) is 0 Å². The molecule has 18 heavy (non-hydrogen) atoms. The van der Waals surface area contributed by atoms with Gasteiger partial charge in [0.05, 0.1) is 6.54 Å². The minimum Gasteiger partial charge on any atom is -0.361 e. The maximum absolute atomic E-state index is 11.6. The molecule has 2 aromatic rings. The van der Waals surface area contributed by atoms with Crippen molar-refractivity contribution < 1.29 is 4.79 Å². The van der Waals surface area contributed by atoms with Gasteiger partial charge in [0.25, 0.3) is 0 Å². The largest absolute Gasteiger partial charge is 0.361 e. The van der Waals surface area contributed by atoms with Crippen LogP contribution in [-0.4, -0.2) is 22.4 Å². The Kier molecular flexibility index (Phi) is 4.24. The fraction of sp³-hybridized carbons (Fsp3) is 0.154. The number of carbonyl (C=O) groups is 1. The average Bonchev–Trinajstić information content (AvgIpc) is 2.45. The van der Waals surface area contributed by atoms with E-state index in [0.717, 1.165) is 5.56 Å². The Balaban J connectivity index is 1.73. The van der Waals surface area contributed by atoms with Crippen LogP contribution in [0, 0.1) is 0 Å². The molecule has 0 spiro atoms. The van der Waals surface area contributed by atoms with E-state index in [1.807, 2.05) is 30.3 Å². The Morgan fingerprint density at radius 2 is 2.00 bits per heavy atom. The lowest BCUT2D eigenvalue weighted by Crippen LogP contribution is -2.29. The van der Waals surface area contributed by atoms with Crippen LogP contribution < -0.4 is 10.6 Å². The van der Waals surface area contributed by atoms with Crippen LogP contribution in [0.15, 0.2) is 48.9 Å². The highest BCUT2D eigenvalue weighted by Crippen LogP contribution is 1.98. The molecule has 92 valence electrons. The molecule has 1 aromatic carbocycles. The van der Waals surface area contributed by atoms with Gasteiger partial charge in [-0.2, -0.15) is 0 Å². The van der Waals surface area contributed by atoms with Crippen molar-refractivity contribution in [2.24, 2.45) is 0 Å². The zero-order chi connectivity index (χ0) is 12.6. The molecule has 0 aliphatic heterocycles. The zero-order valence-corrected chi connectivity index (χ0v) is 9.84. The second-order valence-electron chi connectivity index (χ2n) is 3.71. The minimum absolute atomic E-state index is 0.0718. The summed E-state index contributed by atoms with van der Waals surface area (Å²) in [6.45, 7) is 0.731. The van der Waals surface area contributed by atoms with Gasteiger partial charge < -0.3 is 10.6 Å². The molecule has 0 aliphatic rings. The predicted octanol–water partition coefficient (Wildman–Crippen LogP) is 1.20. The second-order valence-corrected chi connectivity index (χ2v) is 3.71. The lowest BCUT2D eigenvalue weighted by atomic mass is 10.2. The smallest absolute Gasteiger partial charge is 0.239 e. The first kappa shape index (κ1) is 12.0. The molecule has 5 nitrogen and oxygen atoms in total. The lowest BCUT2D eigenvalue weighted by molar-refractivity contribution is -0.119. The van der Waals surface area contributed by atoms with Crippen LogP contribution in [0.25, 0.3) is 0 Å². The predicted molar refractivity (Wildman–Crippen MR) is 68.8 cm³/mol. The van der Waals surface area contributed by atoms with E-state index >= 15 is 0 Å². The van der Waals surface area contributed by atoms with Crippen LogP contribution in [0.1, 0.15) is 5.56 Å². The standard InChI is InChI=1S/C13H14N4O/c18-13(9-15-12-6-7-14-10-17-12)16-8-11-4-2-1-3-5-11/h1-7,10H,8-9H2,(H,16,18)(H,14,15,17). The number of anilines is 1. The topological polar surface area (TPSA) is 66.9 Å². The second kappa shape index (κ2) is 6.34. The Morgan fingerprint density at radius 1 is 1.17 bits per heavy atom. The molecule has 1 aromatic heterocycles. The van der Waals surface area contributed by atoms with Gasteiger partial charge in [-0.05, 0) is 11.6 Å². The van der Waals surface area contributed by atoms with Gasteiger partial charge in [-0.25, -0.2) is 9.97 Å². The van der Waals surface area contributed by atoms with E-state index < -0.39 is 0 Å². The van der Waals surface area contributed by atoms with E-state index in [9.17, 15) is 4.79 Å². The highest BCUT2D eigenvalue weighted by Gasteiger charge is 2.01. The number of hydrogen-bond acceptors (Lipinski definition) is 4. The summed E-state index contributed by atoms with van der Waals surface area (Å²) in [5, 5.41) is 5.74. The third-order valence-corrected chi connectivity index (χ3v) is 2.34. The minimum atomic E-state index is -0.0718. The molecule has 0 radical (unpaired) electrons. The summed E-state index contributed by atoms with van der Waals surface area (Å²) >= 11 is 0. The molecule has 2 N–H and O–H groups in total. The first-order valence-corrected chi connectivity index (χ1v) is 5.65. The zero-order valence-electron chi connectivity index (χ0n) is 9.84. The summed E-state index contributed by atoms with van der Waals surface area (Å²) in [6, 6.07) is 11.5. The normalized spacial score (nSPS) is 9.78. The molecule has 0 fully saturated rings. The van der Waals surface area contributed by atoms with E-state index in [0.29, 0.717) is 12.4 Å². The van der Waals surface area contributed by atoms with Gasteiger partial charge in [0.2, 0.25) is 5.91 Å². The van der Waals surface area contributed by atoms with Crippen LogP contribution in [0.3, 0.4) is 0 Å². The SMILES string of the molecule is O=C(CNc1ccncn1)NCc1ccccc1. The van der Waals surface area contributed by atoms with Gasteiger partial charge in [0.1, 0.15) is 12.1 Å². The van der Waals surface area contributed by atoms with Crippen LogP contribution in [0.4, 0.5) is 5.82 Å². The van der Waals surface area contributed by atoms with Gasteiger partial charge >= 0.3 is 0 Å². The Morgan fingerprint density at radius 3 is 2.72 bits per heavy atom. The van der Waals surface area contributed by atoms with E-state index in [2.05, 4.69) is 20.6 Å². The number of nitrogens with one attached hydrogen (secondary N) is 2. The van der Waals surface area contributed by atoms with E-state index in [1.54, 1.807) is 12.3 Å². The quantitative estimate of drug-likeness (QED) is 0.827. The lowest BCUT2D eigenvalue weighted by Gasteiger charge is -2.06. The number of benzene rings is 1. The number of nitrogens with zero attached hydrogens (tertiary/aromatic N) is 2. The molecule has 1 heterocycles. The molecular formula is C13H14N4O. The van der Waals surface area contributed by atoms with E-state index in [-0.39, 0.29) is 12.5 Å². The van der Waals surface area contributed by atoms with E-state index in [4.69, 9.17) is 0 Å². The van der Waals surface area contributed by atoms with Crippen molar-refractivity contribution >= 4 is 11.7 Å². The van der Waals surface area contributed by atoms with Gasteiger partial charge in [-0.15, -0.1) is 0 Å². The summed E-state index contributed by atoms with van der Waals surface area (Å²) in [5.41, 5.74) is 1.08. The van der Waals surface area contributed by atoms with Crippen LogP contribution >= 0.6 is 0 Å². The highest BCUT2D eigenvalue weighted by molar-refractivity contribution is 5.80. The summed E-state index contributed by atoms with van der Waals surface area (Å²) in [7, 11) is 0. The van der Waals surface area contributed by atoms with Crippen molar-refractivity contribution in [2.45, 2.75) is 6.54 Å². The Labute approximate surface area is 105 Å². The number of aromatic nitrogens is 2. The monoisotopic (exact) mass is 242 g/mol. The molecule has 0 saturated heterocycles. The fourth-order valence-electron chi connectivity index (χ4n) is 1.43. The molecule has 0 unspecified atom stereocenters. The summed E-state index contributed by atoms with van der Waals surface area (Å²) in [4.78, 5) is 19.3. The number of rotatable bonds is 5. The van der Waals surface area contributed by atoms with Gasteiger partial charge in [0, 0.05) is 12.7 Å². The highest BCUT2D eigenvalue weighted by atomic mass is 16.1. The van der Waals surface area contributed by atoms with Crippen LogP contribution in [0.2, 0.25) is 0 Å². The molecule has 0 saturated carbocycles. The maximum Gasteiger partial charge on any atom is 0.239 e. The van der Waals surface area contributed by atoms with Crippen molar-refractivity contribution in [3.8, 4) is 0 Å². The van der Waals surface area contributed by atoms with Crippen LogP contribution in [-0.2, 0) is 11.3 Å². The molecule has 0 atom stereocenters. The average molecular weight is 242 g/mol. The molecular weight excluding hydrogens is 228 g/mol. The third kappa shape index (κ3) is 3.86. The van der Waals surface area contributed by atoms with Gasteiger partial charge in [-0.1, -0.05) is 30.3 Å². The van der Waals surface area contributed by atoms with E-state index in [1.165, 1.54) is 6.33 Å². The van der Waals surface area contributed by atoms with Crippen molar-refractivity contribution in [3.05, 3.63) is 54.5 Å². The van der Waals surface area contributed by atoms with Gasteiger partial charge in [-0.3, -0.25) is 4.79 Å². The molecule has 0 aliphatic carbocycles. The van der Waals surface area contributed by atoms with Crippen molar-refractivity contribution in [1.29, 1.82) is 0 Å². The Bertz CT molecular complexity index is 441. The van der Waals surface area contributed by atoms with Crippen molar-refractivity contribution in [1.82, 2.24) is 15.3 Å². The molecule has 0 bridgehead atoms. The first-order valence-electron chi connectivity index (χ1n) is 5.65. The van der Waals surface area contributed by atoms with Crippen molar-refractivity contribution in [2.75, 3.05) is 11.9 Å². The number of amides is 1. The van der Waals surface area contributed by atoms with Gasteiger partial charge in [0.15, 0.2) is 0 Å². The third-order valence-electron chi connectivity index (χ3n) is 2.34. The summed E-state index contributed by atoms with van der Waals surface area (Å²) in [5.74, 6) is 0.567. The molecule has 5 heteroatoms.